The first-order chi connectivity index (χ1) is 8.66. The van der Waals surface area contributed by atoms with Crippen molar-refractivity contribution >= 4 is 11.7 Å². The third-order valence-electron chi connectivity index (χ3n) is 3.15. The Bertz CT molecular complexity index is 396. The van der Waals surface area contributed by atoms with E-state index in [1.54, 1.807) is 25.2 Å². The van der Waals surface area contributed by atoms with Gasteiger partial charge in [-0.3, -0.25) is 4.79 Å². The van der Waals surface area contributed by atoms with Crippen LogP contribution in [0, 0.1) is 5.92 Å². The Morgan fingerprint density at radius 3 is 2.94 bits per heavy atom. The van der Waals surface area contributed by atoms with Crippen LogP contribution in [-0.2, 0) is 0 Å². The summed E-state index contributed by atoms with van der Waals surface area (Å²) in [5.41, 5.74) is 0.619. The second kappa shape index (κ2) is 5.82. The minimum Gasteiger partial charge on any atom is -0.370 e. The van der Waals surface area contributed by atoms with Crippen molar-refractivity contribution in [3.8, 4) is 0 Å². The van der Waals surface area contributed by atoms with Crippen LogP contribution >= 0.6 is 0 Å². The van der Waals surface area contributed by atoms with E-state index in [0.29, 0.717) is 11.5 Å². The average Bonchev–Trinajstić information content (AvgIpc) is 2.89. The zero-order chi connectivity index (χ0) is 13.0. The molecular formula is C13H20N4O. The number of anilines is 1. The van der Waals surface area contributed by atoms with Gasteiger partial charge in [0, 0.05) is 26.8 Å². The summed E-state index contributed by atoms with van der Waals surface area (Å²) in [6, 6.07) is 3.67. The number of hydrogen-bond acceptors (Lipinski definition) is 4. The molecule has 1 fully saturated rings. The van der Waals surface area contributed by atoms with E-state index in [4.69, 9.17) is 0 Å². The van der Waals surface area contributed by atoms with Gasteiger partial charge in [0.1, 0.15) is 5.82 Å². The highest BCUT2D eigenvalue weighted by molar-refractivity contribution is 5.93. The normalized spacial score (nSPS) is 18.7. The Morgan fingerprint density at radius 1 is 1.56 bits per heavy atom. The molecule has 0 aliphatic carbocycles. The number of nitrogens with one attached hydrogen (secondary N) is 2. The van der Waals surface area contributed by atoms with Crippen molar-refractivity contribution in [2.75, 3.05) is 39.0 Å². The molecule has 5 heteroatoms. The number of carbonyl (C=O) groups excluding carboxylic acids is 1. The number of amides is 1. The predicted molar refractivity (Wildman–Crippen MR) is 71.7 cm³/mol. The smallest absolute Gasteiger partial charge is 0.254 e. The molecule has 1 aliphatic heterocycles. The number of carbonyl (C=O) groups is 1. The molecular weight excluding hydrogens is 228 g/mol. The minimum atomic E-state index is -0.0194. The van der Waals surface area contributed by atoms with E-state index in [1.165, 1.54) is 6.42 Å². The average molecular weight is 248 g/mol. The lowest BCUT2D eigenvalue weighted by Gasteiger charge is -2.12. The van der Waals surface area contributed by atoms with E-state index >= 15 is 0 Å². The van der Waals surface area contributed by atoms with Crippen molar-refractivity contribution in [3.05, 3.63) is 23.9 Å². The van der Waals surface area contributed by atoms with Crippen LogP contribution in [0.1, 0.15) is 16.8 Å². The molecule has 2 heterocycles. The molecule has 18 heavy (non-hydrogen) atoms. The van der Waals surface area contributed by atoms with Crippen molar-refractivity contribution in [1.29, 1.82) is 0 Å². The first kappa shape index (κ1) is 12.8. The van der Waals surface area contributed by atoms with E-state index in [9.17, 15) is 4.79 Å². The second-order valence-electron chi connectivity index (χ2n) is 4.87. The van der Waals surface area contributed by atoms with E-state index in [0.717, 1.165) is 25.5 Å². The van der Waals surface area contributed by atoms with E-state index in [2.05, 4.69) is 15.6 Å². The number of pyridine rings is 1. The maximum absolute atomic E-state index is 11.7. The highest BCUT2D eigenvalue weighted by atomic mass is 16.2. The first-order valence-corrected chi connectivity index (χ1v) is 6.29. The van der Waals surface area contributed by atoms with E-state index < -0.39 is 0 Å². The van der Waals surface area contributed by atoms with Crippen molar-refractivity contribution in [2.24, 2.45) is 5.92 Å². The van der Waals surface area contributed by atoms with Gasteiger partial charge in [0.2, 0.25) is 0 Å². The molecule has 1 aliphatic rings. The largest absolute Gasteiger partial charge is 0.370 e. The molecule has 98 valence electrons. The van der Waals surface area contributed by atoms with Crippen LogP contribution in [0.3, 0.4) is 0 Å². The zero-order valence-electron chi connectivity index (χ0n) is 10.9. The van der Waals surface area contributed by atoms with Gasteiger partial charge in [-0.15, -0.1) is 0 Å². The van der Waals surface area contributed by atoms with Gasteiger partial charge < -0.3 is 15.5 Å². The van der Waals surface area contributed by atoms with Crippen molar-refractivity contribution in [3.63, 3.8) is 0 Å². The number of nitrogens with zero attached hydrogens (tertiary/aromatic N) is 2. The van der Waals surface area contributed by atoms with Gasteiger partial charge in [-0.05, 0) is 37.6 Å². The number of rotatable bonds is 4. The molecule has 0 radical (unpaired) electrons. The Morgan fingerprint density at radius 2 is 2.39 bits per heavy atom. The standard InChI is InChI=1S/C13H20N4O/c1-17(2)13(18)11-3-4-12(16-9-11)15-8-10-5-6-14-7-10/h3-4,9-10,14H,5-8H2,1-2H3,(H,15,16). The van der Waals surface area contributed by atoms with Gasteiger partial charge in [0.25, 0.3) is 5.91 Å². The lowest BCUT2D eigenvalue weighted by Crippen LogP contribution is -2.22. The third-order valence-corrected chi connectivity index (χ3v) is 3.15. The molecule has 0 aromatic carbocycles. The number of hydrogen-bond donors (Lipinski definition) is 2. The van der Waals surface area contributed by atoms with Crippen LogP contribution in [-0.4, -0.2) is 49.5 Å². The topological polar surface area (TPSA) is 57.3 Å². The van der Waals surface area contributed by atoms with Crippen molar-refractivity contribution in [1.82, 2.24) is 15.2 Å². The van der Waals surface area contributed by atoms with Gasteiger partial charge in [0.15, 0.2) is 0 Å². The van der Waals surface area contributed by atoms with E-state index in [-0.39, 0.29) is 5.91 Å². The molecule has 0 spiro atoms. The predicted octanol–water partition coefficient (Wildman–Crippen LogP) is 0.805. The Kier molecular flexibility index (Phi) is 4.15. The van der Waals surface area contributed by atoms with Crippen molar-refractivity contribution < 1.29 is 4.79 Å². The first-order valence-electron chi connectivity index (χ1n) is 6.29. The molecule has 2 rings (SSSR count). The van der Waals surface area contributed by atoms with Crippen LogP contribution in [0.5, 0.6) is 0 Å². The summed E-state index contributed by atoms with van der Waals surface area (Å²) >= 11 is 0. The summed E-state index contributed by atoms with van der Waals surface area (Å²) in [7, 11) is 3.48. The van der Waals surface area contributed by atoms with E-state index in [1.807, 2.05) is 12.1 Å². The zero-order valence-corrected chi connectivity index (χ0v) is 10.9. The monoisotopic (exact) mass is 248 g/mol. The highest BCUT2D eigenvalue weighted by Gasteiger charge is 2.14. The summed E-state index contributed by atoms with van der Waals surface area (Å²) in [5, 5.41) is 6.64. The molecule has 1 atom stereocenters. The molecule has 0 saturated carbocycles. The summed E-state index contributed by atoms with van der Waals surface area (Å²) < 4.78 is 0. The van der Waals surface area contributed by atoms with Crippen LogP contribution in [0.15, 0.2) is 18.3 Å². The van der Waals surface area contributed by atoms with Crippen molar-refractivity contribution in [2.45, 2.75) is 6.42 Å². The minimum absolute atomic E-state index is 0.0194. The molecule has 2 N–H and O–H groups in total. The summed E-state index contributed by atoms with van der Waals surface area (Å²) in [4.78, 5) is 17.5. The fourth-order valence-corrected chi connectivity index (χ4v) is 2.02. The SMILES string of the molecule is CN(C)C(=O)c1ccc(NCC2CCNC2)nc1. The third kappa shape index (κ3) is 3.20. The Labute approximate surface area is 108 Å². The molecule has 1 aromatic heterocycles. The lowest BCUT2D eigenvalue weighted by molar-refractivity contribution is 0.0827. The fraction of sp³-hybridized carbons (Fsp3) is 0.538. The second-order valence-corrected chi connectivity index (χ2v) is 4.87. The van der Waals surface area contributed by atoms with Crippen LogP contribution in [0.2, 0.25) is 0 Å². The highest BCUT2D eigenvalue weighted by Crippen LogP contribution is 2.10. The van der Waals surface area contributed by atoms with Crippen LogP contribution < -0.4 is 10.6 Å². The Balaban J connectivity index is 1.89. The van der Waals surface area contributed by atoms with Gasteiger partial charge >= 0.3 is 0 Å². The fourth-order valence-electron chi connectivity index (χ4n) is 2.02. The van der Waals surface area contributed by atoms with Gasteiger partial charge in [0.05, 0.1) is 5.56 Å². The molecule has 5 nitrogen and oxygen atoms in total. The molecule has 0 bridgehead atoms. The maximum atomic E-state index is 11.7. The quantitative estimate of drug-likeness (QED) is 0.827. The van der Waals surface area contributed by atoms with Gasteiger partial charge in [-0.2, -0.15) is 0 Å². The Hall–Kier alpha value is -1.62. The van der Waals surface area contributed by atoms with Gasteiger partial charge in [-0.25, -0.2) is 4.98 Å². The molecule has 1 saturated heterocycles. The van der Waals surface area contributed by atoms with Crippen LogP contribution in [0.25, 0.3) is 0 Å². The summed E-state index contributed by atoms with van der Waals surface area (Å²) in [6.45, 7) is 3.11. The molecule has 1 aromatic rings. The summed E-state index contributed by atoms with van der Waals surface area (Å²) in [6.07, 6.45) is 2.84. The number of aromatic nitrogens is 1. The molecule has 1 amide bonds. The molecule has 1 unspecified atom stereocenters. The lowest BCUT2D eigenvalue weighted by atomic mass is 10.1. The van der Waals surface area contributed by atoms with Crippen LogP contribution in [0.4, 0.5) is 5.82 Å². The van der Waals surface area contributed by atoms with Gasteiger partial charge in [-0.1, -0.05) is 0 Å². The summed E-state index contributed by atoms with van der Waals surface area (Å²) in [5.74, 6) is 1.49. The maximum Gasteiger partial charge on any atom is 0.254 e.